The number of carbonyl (C=O) groups excluding carboxylic acids is 2. The number of hydrogen-bond acceptors (Lipinski definition) is 7. The van der Waals surface area contributed by atoms with Crippen LogP contribution in [0.15, 0.2) is 81.1 Å². The number of thioether (sulfide) groups is 1. The Bertz CT molecular complexity index is 1350. The Morgan fingerprint density at radius 2 is 1.78 bits per heavy atom. The molecule has 0 N–H and O–H groups in total. The fraction of sp³-hybridized carbons (Fsp3) is 0.179. The van der Waals surface area contributed by atoms with Crippen molar-refractivity contribution < 1.29 is 23.8 Å². The van der Waals surface area contributed by atoms with Crippen LogP contribution in [-0.2, 0) is 16.1 Å². The molecule has 1 fully saturated rings. The van der Waals surface area contributed by atoms with Crippen LogP contribution in [0.1, 0.15) is 28.4 Å². The van der Waals surface area contributed by atoms with Gasteiger partial charge in [-0.3, -0.25) is 9.69 Å². The minimum absolute atomic E-state index is 0.151. The second-order valence-corrected chi connectivity index (χ2v) is 9.89. The van der Waals surface area contributed by atoms with E-state index in [-0.39, 0.29) is 11.9 Å². The van der Waals surface area contributed by atoms with Gasteiger partial charge in [0.25, 0.3) is 5.91 Å². The lowest BCUT2D eigenvalue weighted by atomic mass is 10.2. The zero-order chi connectivity index (χ0) is 26.4. The Hall–Kier alpha value is -3.56. The predicted molar refractivity (Wildman–Crippen MR) is 149 cm³/mol. The van der Waals surface area contributed by atoms with E-state index in [1.807, 2.05) is 42.5 Å². The van der Waals surface area contributed by atoms with E-state index in [1.54, 1.807) is 51.4 Å². The molecule has 1 saturated heterocycles. The number of aliphatic imine (C=N–C) groups is 1. The Balaban J connectivity index is 1.48. The maximum absolute atomic E-state index is 12.9. The molecule has 3 aromatic carbocycles. The smallest absolute Gasteiger partial charge is 0.338 e. The standard InChI is InChI=1S/C28H25BrN2O5S/c1-4-35-27(33)20-8-12-22(13-9-20)30-28-31(2)26(32)25(37-28)16-19-7-14-23(24(15-19)34-3)36-17-18-5-10-21(29)11-6-18/h5-16H,4,17H2,1-3H3/b25-16+,30-28?. The maximum Gasteiger partial charge on any atom is 0.338 e. The van der Waals surface area contributed by atoms with Crippen molar-refractivity contribution in [1.82, 2.24) is 4.90 Å². The van der Waals surface area contributed by atoms with Gasteiger partial charge >= 0.3 is 5.97 Å². The van der Waals surface area contributed by atoms with Gasteiger partial charge in [0, 0.05) is 11.5 Å². The molecule has 0 radical (unpaired) electrons. The average molecular weight is 581 g/mol. The summed E-state index contributed by atoms with van der Waals surface area (Å²) < 4.78 is 17.5. The summed E-state index contributed by atoms with van der Waals surface area (Å²) in [6, 6.07) is 20.2. The van der Waals surface area contributed by atoms with Gasteiger partial charge in [0.1, 0.15) is 6.61 Å². The Morgan fingerprint density at radius 3 is 2.46 bits per heavy atom. The van der Waals surface area contributed by atoms with Gasteiger partial charge in [-0.25, -0.2) is 9.79 Å². The number of methoxy groups -OCH3 is 1. The molecule has 0 saturated carbocycles. The molecule has 1 heterocycles. The summed E-state index contributed by atoms with van der Waals surface area (Å²) in [5.74, 6) is 0.658. The summed E-state index contributed by atoms with van der Waals surface area (Å²) >= 11 is 4.71. The molecule has 0 unspecified atom stereocenters. The Kier molecular flexibility index (Phi) is 8.68. The summed E-state index contributed by atoms with van der Waals surface area (Å²) in [7, 11) is 3.27. The highest BCUT2D eigenvalue weighted by Gasteiger charge is 2.30. The minimum Gasteiger partial charge on any atom is -0.493 e. The number of rotatable bonds is 8. The van der Waals surface area contributed by atoms with Gasteiger partial charge in [-0.05, 0) is 84.4 Å². The van der Waals surface area contributed by atoms with E-state index in [0.717, 1.165) is 15.6 Å². The van der Waals surface area contributed by atoms with E-state index in [9.17, 15) is 9.59 Å². The molecule has 7 nitrogen and oxygen atoms in total. The summed E-state index contributed by atoms with van der Waals surface area (Å²) in [5, 5.41) is 0.543. The van der Waals surface area contributed by atoms with Crippen LogP contribution in [0, 0.1) is 0 Å². The van der Waals surface area contributed by atoms with E-state index in [0.29, 0.717) is 46.0 Å². The number of halogens is 1. The van der Waals surface area contributed by atoms with Gasteiger partial charge in [-0.15, -0.1) is 0 Å². The molecule has 1 aliphatic rings. The lowest BCUT2D eigenvalue weighted by molar-refractivity contribution is -0.121. The molecule has 3 aromatic rings. The first kappa shape index (κ1) is 26.5. The molecule has 4 rings (SSSR count). The first-order chi connectivity index (χ1) is 17.9. The largest absolute Gasteiger partial charge is 0.493 e. The lowest BCUT2D eigenvalue weighted by Crippen LogP contribution is -2.23. The number of hydrogen-bond donors (Lipinski definition) is 0. The fourth-order valence-electron chi connectivity index (χ4n) is 3.43. The summed E-state index contributed by atoms with van der Waals surface area (Å²) in [5.41, 5.74) is 2.92. The molecule has 1 aliphatic heterocycles. The minimum atomic E-state index is -0.380. The van der Waals surface area contributed by atoms with Gasteiger partial charge in [0.2, 0.25) is 0 Å². The van der Waals surface area contributed by atoms with Crippen LogP contribution < -0.4 is 9.47 Å². The van der Waals surface area contributed by atoms with Crippen LogP contribution in [-0.4, -0.2) is 42.7 Å². The van der Waals surface area contributed by atoms with Crippen molar-refractivity contribution in [1.29, 1.82) is 0 Å². The molecule has 0 bridgehead atoms. The first-order valence-corrected chi connectivity index (χ1v) is 13.1. The van der Waals surface area contributed by atoms with Crippen LogP contribution in [0.4, 0.5) is 5.69 Å². The molecule has 0 aliphatic carbocycles. The van der Waals surface area contributed by atoms with Crippen molar-refractivity contribution in [3.63, 3.8) is 0 Å². The molecule has 0 spiro atoms. The average Bonchev–Trinajstić information content (AvgIpc) is 3.16. The van der Waals surface area contributed by atoms with Crippen molar-refractivity contribution >= 4 is 56.5 Å². The van der Waals surface area contributed by atoms with Crippen LogP contribution in [0.5, 0.6) is 11.5 Å². The number of esters is 1. The second kappa shape index (κ2) is 12.1. The van der Waals surface area contributed by atoms with E-state index >= 15 is 0 Å². The number of likely N-dealkylation sites (N-methyl/N-ethyl adjacent to an activating group) is 1. The van der Waals surface area contributed by atoms with Crippen molar-refractivity contribution in [3.8, 4) is 11.5 Å². The molecule has 37 heavy (non-hydrogen) atoms. The van der Waals surface area contributed by atoms with E-state index in [4.69, 9.17) is 14.2 Å². The summed E-state index contributed by atoms with van der Waals surface area (Å²) in [4.78, 5) is 31.3. The molecular formula is C28H25BrN2O5S. The number of benzene rings is 3. The highest BCUT2D eigenvalue weighted by molar-refractivity contribution is 9.10. The Morgan fingerprint density at radius 1 is 1.05 bits per heavy atom. The number of nitrogens with zero attached hydrogens (tertiary/aromatic N) is 2. The van der Waals surface area contributed by atoms with Gasteiger partial charge in [0.05, 0.1) is 29.9 Å². The predicted octanol–water partition coefficient (Wildman–Crippen LogP) is 6.45. The van der Waals surface area contributed by atoms with E-state index in [1.165, 1.54) is 16.7 Å². The van der Waals surface area contributed by atoms with Gasteiger partial charge in [-0.1, -0.05) is 34.1 Å². The van der Waals surface area contributed by atoms with Crippen molar-refractivity contribution in [3.05, 3.63) is 92.8 Å². The molecular weight excluding hydrogens is 556 g/mol. The van der Waals surface area contributed by atoms with Crippen LogP contribution >= 0.6 is 27.7 Å². The quantitative estimate of drug-likeness (QED) is 0.225. The van der Waals surface area contributed by atoms with Gasteiger partial charge in [0.15, 0.2) is 16.7 Å². The molecule has 190 valence electrons. The van der Waals surface area contributed by atoms with Crippen LogP contribution in [0.2, 0.25) is 0 Å². The van der Waals surface area contributed by atoms with Crippen molar-refractivity contribution in [2.75, 3.05) is 20.8 Å². The zero-order valence-corrected chi connectivity index (χ0v) is 23.0. The highest BCUT2D eigenvalue weighted by Crippen LogP contribution is 2.35. The number of amidine groups is 1. The van der Waals surface area contributed by atoms with E-state index in [2.05, 4.69) is 20.9 Å². The monoisotopic (exact) mass is 580 g/mol. The number of amides is 1. The van der Waals surface area contributed by atoms with Crippen molar-refractivity contribution in [2.45, 2.75) is 13.5 Å². The van der Waals surface area contributed by atoms with Gasteiger partial charge < -0.3 is 14.2 Å². The number of carbonyl (C=O) groups is 2. The van der Waals surface area contributed by atoms with Crippen LogP contribution in [0.3, 0.4) is 0 Å². The normalized spacial score (nSPS) is 15.4. The topological polar surface area (TPSA) is 77.4 Å². The van der Waals surface area contributed by atoms with Crippen molar-refractivity contribution in [2.24, 2.45) is 4.99 Å². The highest BCUT2D eigenvalue weighted by atomic mass is 79.9. The van der Waals surface area contributed by atoms with E-state index < -0.39 is 0 Å². The van der Waals surface area contributed by atoms with Gasteiger partial charge in [-0.2, -0.15) is 0 Å². The second-order valence-electron chi connectivity index (χ2n) is 7.96. The lowest BCUT2D eigenvalue weighted by Gasteiger charge is -2.11. The third-order valence-electron chi connectivity index (χ3n) is 5.40. The van der Waals surface area contributed by atoms with Crippen LogP contribution in [0.25, 0.3) is 6.08 Å². The Labute approximate surface area is 228 Å². The fourth-order valence-corrected chi connectivity index (χ4v) is 4.69. The zero-order valence-electron chi connectivity index (χ0n) is 20.6. The third-order valence-corrected chi connectivity index (χ3v) is 6.99. The summed E-state index contributed by atoms with van der Waals surface area (Å²) in [6.45, 7) is 2.48. The summed E-state index contributed by atoms with van der Waals surface area (Å²) in [6.07, 6.45) is 1.80. The molecule has 0 atom stereocenters. The first-order valence-electron chi connectivity index (χ1n) is 11.5. The number of ether oxygens (including phenoxy) is 3. The molecule has 0 aromatic heterocycles. The maximum atomic E-state index is 12.9. The SMILES string of the molecule is CCOC(=O)c1ccc(N=C2S/C(=C/c3ccc(OCc4ccc(Br)cc4)c(OC)c3)C(=O)N2C)cc1. The third kappa shape index (κ3) is 6.61. The molecule has 9 heteroatoms. The molecule has 1 amide bonds.